The van der Waals surface area contributed by atoms with Gasteiger partial charge in [0.25, 0.3) is 0 Å². The van der Waals surface area contributed by atoms with Gasteiger partial charge < -0.3 is 25.0 Å². The number of hydrogen-bond acceptors (Lipinski definition) is 8. The third-order valence-corrected chi connectivity index (χ3v) is 8.34. The molecule has 4 heterocycles. The standard InChI is InChI=1S/C21H17FN4O3.C20H16FN3O2/c22-16-6-7-19(14(8-16)9-24-21(27)28)15-10-23-20-25-17(12-26(20)11-15)13-29-18-4-2-1-3-5-18;21-16-6-7-19(14(8-16)12-25)15-9-22-20-23-17(11-24(20)10-15)13-26-18-4-2-1-3-5-18/h1-8,10-12,24H,9,13H2,(H,27,28);1-11,25H,12-13H2. The number of rotatable bonds is 11. The quantitative estimate of drug-likeness (QED) is 0.123. The van der Waals surface area contributed by atoms with Crippen LogP contribution in [-0.4, -0.2) is 45.0 Å². The molecule has 55 heavy (non-hydrogen) atoms. The summed E-state index contributed by atoms with van der Waals surface area (Å²) >= 11 is 0. The van der Waals surface area contributed by atoms with Crippen molar-refractivity contribution >= 4 is 17.6 Å². The van der Waals surface area contributed by atoms with Gasteiger partial charge in [0, 0.05) is 54.9 Å². The second kappa shape index (κ2) is 16.7. The van der Waals surface area contributed by atoms with Crippen LogP contribution < -0.4 is 14.8 Å². The average Bonchev–Trinajstić information content (AvgIpc) is 3.82. The molecule has 0 bridgehead atoms. The Morgan fingerprint density at radius 3 is 1.60 bits per heavy atom. The van der Waals surface area contributed by atoms with Crippen molar-refractivity contribution in [2.24, 2.45) is 0 Å². The van der Waals surface area contributed by atoms with E-state index in [1.165, 1.54) is 24.3 Å². The summed E-state index contributed by atoms with van der Waals surface area (Å²) in [7, 11) is 0. The summed E-state index contributed by atoms with van der Waals surface area (Å²) in [5, 5.41) is 20.6. The molecule has 0 aliphatic heterocycles. The molecule has 0 spiro atoms. The van der Waals surface area contributed by atoms with Gasteiger partial charge in [0.2, 0.25) is 11.6 Å². The topological polar surface area (TPSA) is 148 Å². The molecular weight excluding hydrogens is 708 g/mol. The lowest BCUT2D eigenvalue weighted by Gasteiger charge is -2.10. The van der Waals surface area contributed by atoms with E-state index in [4.69, 9.17) is 14.6 Å². The molecule has 0 saturated carbocycles. The van der Waals surface area contributed by atoms with Gasteiger partial charge in [-0.3, -0.25) is 8.80 Å². The van der Waals surface area contributed by atoms with Crippen molar-refractivity contribution < 1.29 is 33.3 Å². The molecule has 0 aliphatic rings. The van der Waals surface area contributed by atoms with Crippen molar-refractivity contribution in [1.29, 1.82) is 0 Å². The van der Waals surface area contributed by atoms with Crippen molar-refractivity contribution in [2.75, 3.05) is 0 Å². The number of ether oxygens (including phenoxy) is 2. The van der Waals surface area contributed by atoms with E-state index < -0.39 is 11.9 Å². The smallest absolute Gasteiger partial charge is 0.404 e. The molecule has 0 fully saturated rings. The van der Waals surface area contributed by atoms with Gasteiger partial charge in [-0.15, -0.1) is 0 Å². The minimum absolute atomic E-state index is 0.0133. The average molecular weight is 742 g/mol. The fourth-order valence-corrected chi connectivity index (χ4v) is 5.77. The molecule has 3 N–H and O–H groups in total. The van der Waals surface area contributed by atoms with Crippen LogP contribution in [0.1, 0.15) is 22.5 Å². The SMILES string of the molecule is O=C(O)NCc1cc(F)ccc1-c1cnc2nc(COc3ccccc3)cn2c1.OCc1cc(F)ccc1-c1cnc2nc(COc3ccccc3)cn2c1. The highest BCUT2D eigenvalue weighted by Crippen LogP contribution is 2.26. The normalized spacial score (nSPS) is 10.9. The summed E-state index contributed by atoms with van der Waals surface area (Å²) in [6, 6.07) is 27.5. The fraction of sp³-hybridized carbons (Fsp3) is 0.0976. The van der Waals surface area contributed by atoms with Crippen LogP contribution in [-0.2, 0) is 26.4 Å². The second-order valence-corrected chi connectivity index (χ2v) is 12.2. The van der Waals surface area contributed by atoms with E-state index in [0.717, 1.165) is 28.3 Å². The first-order valence-corrected chi connectivity index (χ1v) is 17.0. The minimum Gasteiger partial charge on any atom is -0.487 e. The summed E-state index contributed by atoms with van der Waals surface area (Å²) in [5.41, 5.74) is 5.40. The molecule has 4 aromatic heterocycles. The second-order valence-electron chi connectivity index (χ2n) is 12.2. The molecule has 12 nitrogen and oxygen atoms in total. The molecule has 276 valence electrons. The van der Waals surface area contributed by atoms with Crippen LogP contribution >= 0.6 is 0 Å². The summed E-state index contributed by atoms with van der Waals surface area (Å²) in [6.07, 6.45) is 9.45. The zero-order valence-corrected chi connectivity index (χ0v) is 29.1. The van der Waals surface area contributed by atoms with Crippen LogP contribution in [0.5, 0.6) is 11.5 Å². The number of aromatic nitrogens is 6. The van der Waals surface area contributed by atoms with Gasteiger partial charge in [0.1, 0.15) is 36.3 Å². The number of carbonyl (C=O) groups is 1. The van der Waals surface area contributed by atoms with Crippen molar-refractivity contribution in [3.05, 3.63) is 168 Å². The molecule has 14 heteroatoms. The molecule has 0 atom stereocenters. The lowest BCUT2D eigenvalue weighted by atomic mass is 10.0. The van der Waals surface area contributed by atoms with E-state index in [-0.39, 0.29) is 19.0 Å². The van der Waals surface area contributed by atoms with Gasteiger partial charge in [-0.1, -0.05) is 48.5 Å². The number of aliphatic hydroxyl groups is 1. The summed E-state index contributed by atoms with van der Waals surface area (Å²) in [6.45, 7) is 0.375. The van der Waals surface area contributed by atoms with Crippen LogP contribution in [0, 0.1) is 11.6 Å². The Kier molecular flexibility index (Phi) is 11.0. The lowest BCUT2D eigenvalue weighted by Crippen LogP contribution is -2.20. The van der Waals surface area contributed by atoms with Crippen LogP contribution in [0.4, 0.5) is 13.6 Å². The first kappa shape index (κ1) is 36.2. The number of carboxylic acid groups (broad SMARTS) is 1. The number of nitrogens with zero attached hydrogens (tertiary/aromatic N) is 6. The zero-order valence-electron chi connectivity index (χ0n) is 29.1. The highest BCUT2D eigenvalue weighted by Gasteiger charge is 2.12. The maximum Gasteiger partial charge on any atom is 0.404 e. The Bertz CT molecular complexity index is 2560. The summed E-state index contributed by atoms with van der Waals surface area (Å²) < 4.78 is 42.0. The monoisotopic (exact) mass is 741 g/mol. The molecule has 4 aromatic carbocycles. The molecule has 0 aliphatic carbocycles. The van der Waals surface area contributed by atoms with Crippen molar-refractivity contribution in [1.82, 2.24) is 34.1 Å². The van der Waals surface area contributed by atoms with E-state index in [9.17, 15) is 18.7 Å². The Hall–Kier alpha value is -7.19. The van der Waals surface area contributed by atoms with Gasteiger partial charge in [-0.25, -0.2) is 33.5 Å². The Balaban J connectivity index is 0.000000170. The van der Waals surface area contributed by atoms with E-state index in [1.54, 1.807) is 33.3 Å². The fourth-order valence-electron chi connectivity index (χ4n) is 5.77. The van der Waals surface area contributed by atoms with Crippen LogP contribution in [0.3, 0.4) is 0 Å². The predicted molar refractivity (Wildman–Crippen MR) is 199 cm³/mol. The van der Waals surface area contributed by atoms with Crippen LogP contribution in [0.25, 0.3) is 33.8 Å². The van der Waals surface area contributed by atoms with E-state index in [1.807, 2.05) is 85.5 Å². The maximum atomic E-state index is 13.6. The maximum absolute atomic E-state index is 13.6. The zero-order chi connectivity index (χ0) is 38.1. The number of imidazole rings is 2. The van der Waals surface area contributed by atoms with Gasteiger partial charge in [0.05, 0.1) is 18.0 Å². The molecular formula is C41H33F2N7O5. The van der Waals surface area contributed by atoms with Crippen molar-refractivity contribution in [2.45, 2.75) is 26.4 Å². The third-order valence-electron chi connectivity index (χ3n) is 8.34. The largest absolute Gasteiger partial charge is 0.487 e. The highest BCUT2D eigenvalue weighted by atomic mass is 19.1. The van der Waals surface area contributed by atoms with Gasteiger partial charge in [-0.05, 0) is 70.8 Å². The Morgan fingerprint density at radius 1 is 0.655 bits per heavy atom. The third kappa shape index (κ3) is 9.07. The Labute approximate surface area is 313 Å². The summed E-state index contributed by atoms with van der Waals surface area (Å²) in [4.78, 5) is 28.4. The number of para-hydroxylation sites is 2. The number of amides is 1. The van der Waals surface area contributed by atoms with E-state index >= 15 is 0 Å². The number of nitrogens with one attached hydrogen (secondary N) is 1. The molecule has 1 amide bonds. The van der Waals surface area contributed by atoms with Crippen LogP contribution in [0.2, 0.25) is 0 Å². The number of hydrogen-bond donors (Lipinski definition) is 3. The minimum atomic E-state index is -1.17. The van der Waals surface area contributed by atoms with E-state index in [2.05, 4.69) is 25.3 Å². The summed E-state index contributed by atoms with van der Waals surface area (Å²) in [5.74, 6) is 1.76. The van der Waals surface area contributed by atoms with Crippen molar-refractivity contribution in [3.8, 4) is 33.8 Å². The molecule has 0 saturated heterocycles. The van der Waals surface area contributed by atoms with Gasteiger partial charge in [0.15, 0.2) is 0 Å². The number of aliphatic hydroxyl groups excluding tert-OH is 1. The first-order valence-electron chi connectivity index (χ1n) is 17.0. The number of halogens is 2. The first-order chi connectivity index (χ1) is 26.8. The number of benzene rings is 4. The molecule has 8 aromatic rings. The molecule has 8 rings (SSSR count). The molecule has 0 radical (unpaired) electrons. The predicted octanol–water partition coefficient (Wildman–Crippen LogP) is 7.49. The van der Waals surface area contributed by atoms with Gasteiger partial charge in [-0.2, -0.15) is 0 Å². The Morgan fingerprint density at radius 2 is 1.13 bits per heavy atom. The highest BCUT2D eigenvalue weighted by molar-refractivity contribution is 5.69. The van der Waals surface area contributed by atoms with E-state index in [0.29, 0.717) is 52.7 Å². The number of fused-ring (bicyclic) bond motifs is 2. The van der Waals surface area contributed by atoms with Gasteiger partial charge >= 0.3 is 6.09 Å². The molecule has 0 unspecified atom stereocenters. The lowest BCUT2D eigenvalue weighted by molar-refractivity contribution is 0.194. The van der Waals surface area contributed by atoms with Crippen molar-refractivity contribution in [3.63, 3.8) is 0 Å². The van der Waals surface area contributed by atoms with Crippen LogP contribution in [0.15, 0.2) is 134 Å².